The quantitative estimate of drug-likeness (QED) is 0.400. The van der Waals surface area contributed by atoms with E-state index in [1.54, 1.807) is 16.8 Å². The summed E-state index contributed by atoms with van der Waals surface area (Å²) in [5.41, 5.74) is 2.53. The second-order valence-corrected chi connectivity index (χ2v) is 14.5. The molecule has 2 aromatic heterocycles. The maximum Gasteiger partial charge on any atom is 0.327 e. The number of hydrogen-bond acceptors (Lipinski definition) is 7. The Labute approximate surface area is 264 Å². The molecule has 3 aliphatic heterocycles. The van der Waals surface area contributed by atoms with Gasteiger partial charge in [0, 0.05) is 72.9 Å². The lowest BCUT2D eigenvalue weighted by atomic mass is 9.92. The van der Waals surface area contributed by atoms with Crippen LogP contribution in [0.2, 0.25) is 0 Å². The first-order valence-electron chi connectivity index (χ1n) is 15.6. The molecule has 5 heterocycles. The van der Waals surface area contributed by atoms with Crippen LogP contribution in [0.4, 0.5) is 10.1 Å². The predicted molar refractivity (Wildman–Crippen MR) is 175 cm³/mol. The number of carbonyl (C=O) groups is 2. The van der Waals surface area contributed by atoms with E-state index in [1.807, 2.05) is 28.0 Å². The summed E-state index contributed by atoms with van der Waals surface area (Å²) >= 11 is 1.48. The third kappa shape index (κ3) is 6.24. The van der Waals surface area contributed by atoms with E-state index in [2.05, 4.69) is 41.0 Å². The number of aromatic nitrogens is 3. The molecule has 3 saturated heterocycles. The first-order chi connectivity index (χ1) is 21.1. The van der Waals surface area contributed by atoms with Gasteiger partial charge in [-0.2, -0.15) is 0 Å². The number of pyridine rings is 1. The van der Waals surface area contributed by atoms with Gasteiger partial charge in [0.1, 0.15) is 11.2 Å². The van der Waals surface area contributed by atoms with Crippen molar-refractivity contribution in [1.29, 1.82) is 0 Å². The Morgan fingerprint density at radius 3 is 2.57 bits per heavy atom. The zero-order valence-corrected chi connectivity index (χ0v) is 26.5. The molecule has 240 valence electrons. The molecule has 2 N–H and O–H groups in total. The van der Waals surface area contributed by atoms with Gasteiger partial charge >= 0.3 is 5.69 Å². The second-order valence-electron chi connectivity index (χ2n) is 13.2. The first-order valence-corrected chi connectivity index (χ1v) is 16.6. The zero-order valence-electron chi connectivity index (χ0n) is 25.7. The molecule has 0 saturated carbocycles. The van der Waals surface area contributed by atoms with Gasteiger partial charge in [-0.05, 0) is 42.9 Å². The number of aromatic amines is 1. The molecule has 1 unspecified atom stereocenters. The summed E-state index contributed by atoms with van der Waals surface area (Å²) in [5, 5.41) is 2.43. The number of piperidine rings is 1. The second kappa shape index (κ2) is 12.5. The predicted octanol–water partition coefficient (Wildman–Crippen LogP) is 4.40. The largest absolute Gasteiger partial charge is 0.366 e. The Hall–Kier alpha value is -3.38. The van der Waals surface area contributed by atoms with E-state index in [-0.39, 0.29) is 49.4 Å². The topological polar surface area (TPSA) is 107 Å². The van der Waals surface area contributed by atoms with Crippen LogP contribution in [0, 0.1) is 11.2 Å². The summed E-state index contributed by atoms with van der Waals surface area (Å²) in [6.45, 7) is 11.0. The number of likely N-dealkylation sites (tertiary alicyclic amines) is 1. The third-order valence-electron chi connectivity index (χ3n) is 8.99. The van der Waals surface area contributed by atoms with Crippen LogP contribution in [0.5, 0.6) is 0 Å². The number of anilines is 1. The van der Waals surface area contributed by atoms with E-state index < -0.39 is 5.25 Å². The molecule has 1 aromatic carbocycles. The molecule has 10 nitrogen and oxygen atoms in total. The number of carbonyl (C=O) groups excluding carboxylic acids is 2. The van der Waals surface area contributed by atoms with E-state index in [4.69, 9.17) is 0 Å². The van der Waals surface area contributed by atoms with Crippen LogP contribution in [-0.4, -0.2) is 87.2 Å². The number of H-pyrrole nitrogens is 1. The number of thioether (sulfide) groups is 1. The molecule has 0 bridgehead atoms. The van der Waals surface area contributed by atoms with Gasteiger partial charge in [-0.25, -0.2) is 14.2 Å². The summed E-state index contributed by atoms with van der Waals surface area (Å²) in [6, 6.07) is 8.83. The lowest BCUT2D eigenvalue weighted by Crippen LogP contribution is -2.44. The van der Waals surface area contributed by atoms with E-state index in [0.29, 0.717) is 56.9 Å². The molecule has 0 spiro atoms. The van der Waals surface area contributed by atoms with Crippen molar-refractivity contribution < 1.29 is 16.8 Å². The molecule has 12 heteroatoms. The van der Waals surface area contributed by atoms with Crippen molar-refractivity contribution in [3.63, 3.8) is 0 Å². The molecular weight excluding hydrogens is 581 g/mol. The van der Waals surface area contributed by atoms with Gasteiger partial charge in [-0.1, -0.05) is 32.9 Å². The highest BCUT2D eigenvalue weighted by Gasteiger charge is 2.44. The van der Waals surface area contributed by atoms with Crippen molar-refractivity contribution in [1.82, 2.24) is 29.7 Å². The molecule has 2 amide bonds. The van der Waals surface area contributed by atoms with Crippen molar-refractivity contribution in [3.05, 3.63) is 58.4 Å². The Morgan fingerprint density at radius 1 is 1.09 bits per heavy atom. The summed E-state index contributed by atoms with van der Waals surface area (Å²) < 4.78 is 17.2. The first kappa shape index (κ1) is 30.6. The number of amides is 2. The van der Waals surface area contributed by atoms with Crippen LogP contribution >= 0.6 is 11.8 Å². The number of hydrogen-bond donors (Lipinski definition) is 2. The number of piperazine rings is 1. The number of nitrogens with one attached hydrogen (secondary N) is 2. The van der Waals surface area contributed by atoms with E-state index >= 15 is 4.39 Å². The minimum Gasteiger partial charge on any atom is -0.366 e. The van der Waals surface area contributed by atoms with Crippen LogP contribution in [0.15, 0.2) is 41.3 Å². The standard InChI is InChI=1S/C32H42FN7O3S.2H2/c1-32(2,3)11-17-39-29(42)25(44-30(39)22-6-4-7-23(33)27(22)38-18-13-34-14-19-38)20-26(41)37-15-9-21(10-16-37)40-24-8-5-12-35-28(24)36-31(40)43;;/h4-8,12,21,25,30,34H,9-11,13-20H2,1-3H3,(H,35,36,43);2*1H/t25-,30?;;/m0../s1. The van der Waals surface area contributed by atoms with Crippen LogP contribution < -0.4 is 15.9 Å². The molecule has 44 heavy (non-hydrogen) atoms. The third-order valence-corrected chi connectivity index (χ3v) is 10.5. The Kier molecular flexibility index (Phi) is 8.74. The van der Waals surface area contributed by atoms with Crippen molar-refractivity contribution in [2.75, 3.05) is 50.7 Å². The highest BCUT2D eigenvalue weighted by molar-refractivity contribution is 8.01. The van der Waals surface area contributed by atoms with Gasteiger partial charge in [0.05, 0.1) is 16.5 Å². The maximum absolute atomic E-state index is 15.4. The van der Waals surface area contributed by atoms with Gasteiger partial charge in [-0.15, -0.1) is 11.8 Å². The number of benzene rings is 1. The lowest BCUT2D eigenvalue weighted by molar-refractivity contribution is -0.136. The van der Waals surface area contributed by atoms with Gasteiger partial charge in [0.15, 0.2) is 5.65 Å². The molecule has 3 fully saturated rings. The van der Waals surface area contributed by atoms with E-state index in [9.17, 15) is 14.4 Å². The summed E-state index contributed by atoms with van der Waals surface area (Å²) in [7, 11) is 0. The summed E-state index contributed by atoms with van der Waals surface area (Å²) in [5.74, 6) is -0.387. The Balaban J connectivity index is 0.00000240. The zero-order chi connectivity index (χ0) is 31.0. The molecule has 2 atom stereocenters. The number of imidazole rings is 1. The maximum atomic E-state index is 15.4. The number of rotatable bonds is 7. The van der Waals surface area contributed by atoms with Gasteiger partial charge < -0.3 is 20.0 Å². The number of fused-ring (bicyclic) bond motifs is 1. The SMILES string of the molecule is CC(C)(C)CCN1C(=O)[C@H](CC(=O)N2CCC(n3c(=O)[nH]c4ncccc43)CC2)SC1c1cccc(F)c1N1CCNCC1.[HH].[HH]. The monoisotopic (exact) mass is 627 g/mol. The van der Waals surface area contributed by atoms with Crippen LogP contribution in [0.3, 0.4) is 0 Å². The molecule has 0 radical (unpaired) electrons. The number of para-hydroxylation sites is 1. The van der Waals surface area contributed by atoms with Crippen molar-refractivity contribution in [3.8, 4) is 0 Å². The molecule has 0 aliphatic carbocycles. The molecule has 3 aliphatic rings. The molecule has 6 rings (SSSR count). The number of nitrogens with zero attached hydrogens (tertiary/aromatic N) is 5. The van der Waals surface area contributed by atoms with Crippen molar-refractivity contribution in [2.45, 2.75) is 63.1 Å². The fourth-order valence-electron chi connectivity index (χ4n) is 6.58. The minimum atomic E-state index is -0.536. The van der Waals surface area contributed by atoms with Crippen LogP contribution in [0.25, 0.3) is 11.2 Å². The van der Waals surface area contributed by atoms with Crippen molar-refractivity contribution >= 4 is 40.4 Å². The average molecular weight is 628 g/mol. The molecule has 3 aromatic rings. The molecular formula is C32H46FN7O3S. The number of halogens is 1. The normalized spacial score (nSPS) is 21.9. The van der Waals surface area contributed by atoms with Gasteiger partial charge in [0.25, 0.3) is 0 Å². The average Bonchev–Trinajstić information content (AvgIpc) is 3.51. The highest BCUT2D eigenvalue weighted by Crippen LogP contribution is 2.48. The van der Waals surface area contributed by atoms with Crippen LogP contribution in [-0.2, 0) is 9.59 Å². The van der Waals surface area contributed by atoms with E-state index in [1.165, 1.54) is 17.8 Å². The fraction of sp³-hybridized carbons (Fsp3) is 0.562. The minimum absolute atomic E-state index is 0. The van der Waals surface area contributed by atoms with Crippen molar-refractivity contribution in [2.24, 2.45) is 5.41 Å². The van der Waals surface area contributed by atoms with Gasteiger partial charge in [-0.3, -0.25) is 19.1 Å². The summed E-state index contributed by atoms with van der Waals surface area (Å²) in [6.07, 6.45) is 3.85. The van der Waals surface area contributed by atoms with E-state index in [0.717, 1.165) is 30.6 Å². The Morgan fingerprint density at radius 2 is 1.84 bits per heavy atom. The fourth-order valence-corrected chi connectivity index (χ4v) is 8.08. The van der Waals surface area contributed by atoms with Gasteiger partial charge in [0.2, 0.25) is 11.8 Å². The Bertz CT molecular complexity index is 1580. The van der Waals surface area contributed by atoms with Crippen LogP contribution in [0.1, 0.15) is 66.3 Å². The highest BCUT2D eigenvalue weighted by atomic mass is 32.2. The lowest BCUT2D eigenvalue weighted by Gasteiger charge is -2.34. The summed E-state index contributed by atoms with van der Waals surface area (Å²) in [4.78, 5) is 53.0. The smallest absolute Gasteiger partial charge is 0.327 e.